The van der Waals surface area contributed by atoms with Gasteiger partial charge in [-0.05, 0) is 18.2 Å². The summed E-state index contributed by atoms with van der Waals surface area (Å²) >= 11 is 3.99. The molecule has 0 aliphatic rings. The molecule has 84 valence electrons. The minimum atomic E-state index is -0.921. The third kappa shape index (κ3) is 3.37. The first-order valence-corrected chi connectivity index (χ1v) is 5.29. The maximum absolute atomic E-state index is 9.72. The lowest BCUT2D eigenvalue weighted by Crippen LogP contribution is -2.18. The molecule has 1 rings (SSSR count). The summed E-state index contributed by atoms with van der Waals surface area (Å²) in [5.41, 5.74) is 0.574. The van der Waals surface area contributed by atoms with Crippen LogP contribution in [-0.4, -0.2) is 34.2 Å². The molecule has 4 nitrogen and oxygen atoms in total. The van der Waals surface area contributed by atoms with Crippen LogP contribution in [-0.2, 0) is 0 Å². The van der Waals surface area contributed by atoms with E-state index in [0.29, 0.717) is 23.6 Å². The maximum atomic E-state index is 9.72. The first-order valence-electron chi connectivity index (χ1n) is 4.66. The molecule has 1 aromatic heterocycles. The van der Waals surface area contributed by atoms with E-state index in [1.165, 1.54) is 13.3 Å². The number of methoxy groups -OCH3 is 1. The number of aliphatic hydroxyl groups excluding tert-OH is 2. The molecule has 5 heteroatoms. The molecular weight excluding hydrogens is 214 g/mol. The Kier molecular flexibility index (Phi) is 4.87. The molecule has 0 spiro atoms. The molecule has 0 aromatic carbocycles. The molecule has 0 saturated heterocycles. The Morgan fingerprint density at radius 1 is 1.47 bits per heavy atom. The van der Waals surface area contributed by atoms with Crippen LogP contribution in [0, 0.1) is 0 Å². The van der Waals surface area contributed by atoms with Crippen LogP contribution in [0.25, 0.3) is 0 Å². The molecule has 1 aromatic rings. The van der Waals surface area contributed by atoms with Crippen molar-refractivity contribution < 1.29 is 14.9 Å². The van der Waals surface area contributed by atoms with Crippen LogP contribution in [0.2, 0.25) is 0 Å². The predicted octanol–water partition coefficient (Wildman–Crippen LogP) is 0.804. The fraction of sp³-hybridized carbons (Fsp3) is 0.500. The molecule has 2 atom stereocenters. The first-order chi connectivity index (χ1) is 7.19. The van der Waals surface area contributed by atoms with E-state index in [0.717, 1.165) is 0 Å². The lowest BCUT2D eigenvalue weighted by atomic mass is 10.0. The van der Waals surface area contributed by atoms with E-state index in [-0.39, 0.29) is 0 Å². The highest BCUT2D eigenvalue weighted by Gasteiger charge is 2.17. The van der Waals surface area contributed by atoms with Crippen molar-refractivity contribution in [2.75, 3.05) is 12.9 Å². The number of ether oxygens (including phenoxy) is 1. The Bertz CT molecular complexity index is 291. The van der Waals surface area contributed by atoms with Crippen molar-refractivity contribution in [3.63, 3.8) is 0 Å². The van der Waals surface area contributed by atoms with Gasteiger partial charge in [-0.2, -0.15) is 12.6 Å². The molecule has 0 aliphatic heterocycles. The number of nitrogens with zero attached hydrogens (tertiary/aromatic N) is 1. The van der Waals surface area contributed by atoms with Gasteiger partial charge in [0.1, 0.15) is 6.10 Å². The number of thiol groups is 1. The third-order valence-electron chi connectivity index (χ3n) is 2.10. The monoisotopic (exact) mass is 229 g/mol. The fourth-order valence-electron chi connectivity index (χ4n) is 1.20. The van der Waals surface area contributed by atoms with E-state index < -0.39 is 12.2 Å². The van der Waals surface area contributed by atoms with Gasteiger partial charge in [0.2, 0.25) is 5.88 Å². The molecule has 0 radical (unpaired) electrons. The van der Waals surface area contributed by atoms with Crippen molar-refractivity contribution in [3.05, 3.63) is 23.9 Å². The SMILES string of the molecule is COc1ccc(C(O)C(O)CCS)cn1. The standard InChI is InChI=1S/C10H15NO3S/c1-14-9-3-2-7(6-11-9)10(13)8(12)4-5-15/h2-3,6,8,10,12-13,15H,4-5H2,1H3. The van der Waals surface area contributed by atoms with E-state index in [2.05, 4.69) is 17.6 Å². The van der Waals surface area contributed by atoms with Gasteiger partial charge in [0, 0.05) is 17.8 Å². The van der Waals surface area contributed by atoms with Gasteiger partial charge in [-0.1, -0.05) is 0 Å². The second kappa shape index (κ2) is 5.95. The maximum Gasteiger partial charge on any atom is 0.212 e. The molecule has 0 saturated carbocycles. The van der Waals surface area contributed by atoms with Crippen LogP contribution in [0.1, 0.15) is 18.1 Å². The molecule has 2 N–H and O–H groups in total. The summed E-state index contributed by atoms with van der Waals surface area (Å²) in [5, 5.41) is 19.3. The van der Waals surface area contributed by atoms with Crippen molar-refractivity contribution in [1.82, 2.24) is 4.98 Å². The zero-order valence-corrected chi connectivity index (χ0v) is 9.39. The molecule has 15 heavy (non-hydrogen) atoms. The van der Waals surface area contributed by atoms with Gasteiger partial charge in [0.15, 0.2) is 0 Å². The van der Waals surface area contributed by atoms with Gasteiger partial charge in [-0.3, -0.25) is 0 Å². The summed E-state index contributed by atoms with van der Waals surface area (Å²) in [5.74, 6) is 1.01. The van der Waals surface area contributed by atoms with Crippen molar-refractivity contribution in [3.8, 4) is 5.88 Å². The molecule has 0 amide bonds. The summed E-state index contributed by atoms with van der Waals surface area (Å²) in [7, 11) is 1.52. The van der Waals surface area contributed by atoms with Crippen molar-refractivity contribution >= 4 is 12.6 Å². The highest BCUT2D eigenvalue weighted by Crippen LogP contribution is 2.19. The fourth-order valence-corrected chi connectivity index (χ4v) is 1.46. The third-order valence-corrected chi connectivity index (χ3v) is 2.36. The second-order valence-electron chi connectivity index (χ2n) is 3.16. The minimum Gasteiger partial charge on any atom is -0.481 e. The Hall–Kier alpha value is -0.780. The second-order valence-corrected chi connectivity index (χ2v) is 3.61. The predicted molar refractivity (Wildman–Crippen MR) is 60.2 cm³/mol. The molecule has 0 fully saturated rings. The Morgan fingerprint density at radius 3 is 2.67 bits per heavy atom. The molecule has 0 bridgehead atoms. The highest BCUT2D eigenvalue weighted by atomic mass is 32.1. The number of aromatic nitrogens is 1. The summed E-state index contributed by atoms with van der Waals surface area (Å²) in [6.07, 6.45) is 0.204. The average molecular weight is 229 g/mol. The van der Waals surface area contributed by atoms with E-state index in [1.54, 1.807) is 12.1 Å². The number of rotatable bonds is 5. The lowest BCUT2D eigenvalue weighted by molar-refractivity contribution is 0.0170. The van der Waals surface area contributed by atoms with E-state index >= 15 is 0 Å². The number of aliphatic hydroxyl groups is 2. The minimum absolute atomic E-state index is 0.441. The van der Waals surface area contributed by atoms with Gasteiger partial charge in [-0.25, -0.2) is 4.98 Å². The smallest absolute Gasteiger partial charge is 0.212 e. The van der Waals surface area contributed by atoms with Gasteiger partial charge >= 0.3 is 0 Å². The van der Waals surface area contributed by atoms with Gasteiger partial charge in [-0.15, -0.1) is 0 Å². The summed E-state index contributed by atoms with van der Waals surface area (Å²) in [4.78, 5) is 3.95. The van der Waals surface area contributed by atoms with Crippen LogP contribution >= 0.6 is 12.6 Å². The summed E-state index contributed by atoms with van der Waals surface area (Å²) in [6, 6.07) is 3.32. The zero-order valence-electron chi connectivity index (χ0n) is 8.50. The molecule has 0 aliphatic carbocycles. The highest BCUT2D eigenvalue weighted by molar-refractivity contribution is 7.80. The lowest BCUT2D eigenvalue weighted by Gasteiger charge is -2.16. The zero-order chi connectivity index (χ0) is 11.3. The van der Waals surface area contributed by atoms with Gasteiger partial charge in [0.25, 0.3) is 0 Å². The van der Waals surface area contributed by atoms with Crippen LogP contribution < -0.4 is 4.74 Å². The van der Waals surface area contributed by atoms with Gasteiger partial charge in [0.05, 0.1) is 13.2 Å². The normalized spacial score (nSPS) is 14.7. The molecule has 2 unspecified atom stereocenters. The van der Waals surface area contributed by atoms with Crippen LogP contribution in [0.15, 0.2) is 18.3 Å². The van der Waals surface area contributed by atoms with E-state index in [9.17, 15) is 10.2 Å². The largest absolute Gasteiger partial charge is 0.481 e. The molecular formula is C10H15NO3S. The number of pyridine rings is 1. The Morgan fingerprint density at radius 2 is 2.20 bits per heavy atom. The van der Waals surface area contributed by atoms with Crippen molar-refractivity contribution in [2.45, 2.75) is 18.6 Å². The Balaban J connectivity index is 2.69. The van der Waals surface area contributed by atoms with Crippen LogP contribution in [0.5, 0.6) is 5.88 Å². The summed E-state index contributed by atoms with van der Waals surface area (Å²) < 4.78 is 4.89. The molecule has 1 heterocycles. The van der Waals surface area contributed by atoms with E-state index in [4.69, 9.17) is 4.74 Å². The Labute approximate surface area is 94.3 Å². The number of hydrogen-bond donors (Lipinski definition) is 3. The van der Waals surface area contributed by atoms with Gasteiger partial charge < -0.3 is 14.9 Å². The number of hydrogen-bond acceptors (Lipinski definition) is 5. The summed E-state index contributed by atoms with van der Waals surface area (Å²) in [6.45, 7) is 0. The van der Waals surface area contributed by atoms with Crippen molar-refractivity contribution in [1.29, 1.82) is 0 Å². The quantitative estimate of drug-likeness (QED) is 0.654. The van der Waals surface area contributed by atoms with Crippen LogP contribution in [0.4, 0.5) is 0 Å². The first kappa shape index (κ1) is 12.3. The van der Waals surface area contributed by atoms with Crippen LogP contribution in [0.3, 0.4) is 0 Å². The topological polar surface area (TPSA) is 62.6 Å². The average Bonchev–Trinajstić information content (AvgIpc) is 2.28. The van der Waals surface area contributed by atoms with Crippen molar-refractivity contribution in [2.24, 2.45) is 0 Å². The van der Waals surface area contributed by atoms with E-state index in [1.807, 2.05) is 0 Å².